The maximum Gasteiger partial charge on any atom is 0.370 e. The highest BCUT2D eigenvalue weighted by atomic mass is 31.2. The number of ether oxygens (including phenoxy) is 1. The van der Waals surface area contributed by atoms with Gasteiger partial charge in [-0.25, -0.2) is 0 Å². The zero-order valence-corrected chi connectivity index (χ0v) is 15.4. The van der Waals surface area contributed by atoms with E-state index in [0.29, 0.717) is 12.8 Å². The molecule has 6 heteroatoms. The molecule has 1 aliphatic carbocycles. The van der Waals surface area contributed by atoms with Gasteiger partial charge in [0, 0.05) is 20.6 Å². The van der Waals surface area contributed by atoms with Crippen molar-refractivity contribution in [2.75, 3.05) is 14.2 Å². The Bertz CT molecular complexity index is 546. The summed E-state index contributed by atoms with van der Waals surface area (Å²) in [4.78, 5) is 12.4. The quantitative estimate of drug-likeness (QED) is 0.506. The van der Waals surface area contributed by atoms with Crippen LogP contribution < -0.4 is 0 Å². The molecule has 0 saturated heterocycles. The maximum atomic E-state index is 12.8. The molecule has 0 radical (unpaired) electrons. The molecule has 0 amide bonds. The van der Waals surface area contributed by atoms with Crippen molar-refractivity contribution in [1.29, 1.82) is 0 Å². The number of benzene rings is 1. The monoisotopic (exact) mass is 354 g/mol. The molecule has 1 aromatic rings. The van der Waals surface area contributed by atoms with E-state index in [0.717, 1.165) is 37.7 Å². The number of esters is 1. The van der Waals surface area contributed by atoms with Crippen LogP contribution in [0.25, 0.3) is 0 Å². The van der Waals surface area contributed by atoms with Gasteiger partial charge in [-0.2, -0.15) is 0 Å². The summed E-state index contributed by atoms with van der Waals surface area (Å²) in [6, 6.07) is 9.82. The van der Waals surface area contributed by atoms with Crippen LogP contribution in [0.3, 0.4) is 0 Å². The third-order valence-corrected chi connectivity index (χ3v) is 6.66. The molecule has 134 valence electrons. The topological polar surface area (TPSA) is 61.8 Å². The van der Waals surface area contributed by atoms with Gasteiger partial charge in [0.2, 0.25) is 5.85 Å². The van der Waals surface area contributed by atoms with Crippen LogP contribution in [0.4, 0.5) is 0 Å². The smallest absolute Gasteiger partial charge is 0.370 e. The van der Waals surface area contributed by atoms with Crippen LogP contribution in [0.5, 0.6) is 0 Å². The van der Waals surface area contributed by atoms with Crippen molar-refractivity contribution in [2.24, 2.45) is 5.92 Å². The van der Waals surface area contributed by atoms with Crippen LogP contribution in [0.15, 0.2) is 30.3 Å². The predicted octanol–water partition coefficient (Wildman–Crippen LogP) is 4.55. The van der Waals surface area contributed by atoms with Crippen molar-refractivity contribution in [3.8, 4) is 0 Å². The molecule has 0 N–H and O–H groups in total. The molecule has 0 aromatic heterocycles. The molecule has 2 rings (SSSR count). The van der Waals surface area contributed by atoms with Gasteiger partial charge in [-0.05, 0) is 24.8 Å². The van der Waals surface area contributed by atoms with Gasteiger partial charge in [-0.1, -0.05) is 49.6 Å². The van der Waals surface area contributed by atoms with Crippen LogP contribution in [0, 0.1) is 5.92 Å². The summed E-state index contributed by atoms with van der Waals surface area (Å²) in [6.07, 6.45) is 5.97. The van der Waals surface area contributed by atoms with Gasteiger partial charge in [0.05, 0.1) is 5.92 Å². The molecule has 5 nitrogen and oxygen atoms in total. The van der Waals surface area contributed by atoms with Crippen LogP contribution in [-0.2, 0) is 29.6 Å². The summed E-state index contributed by atoms with van der Waals surface area (Å²) in [7, 11) is -0.821. The van der Waals surface area contributed by atoms with Gasteiger partial charge in [0.1, 0.15) is 0 Å². The molecule has 0 bridgehead atoms. The standard InChI is InChI=1S/C18H27O5P/c1-21-24(20,22-2)17(14-13-15-9-5-3-6-10-15)23-18(19)16-11-7-4-8-12-16/h3,5-6,9-10,16-17H,4,7-8,11-14H2,1-2H3/t17-/m0/s1. The molecule has 1 fully saturated rings. The highest BCUT2D eigenvalue weighted by molar-refractivity contribution is 7.54. The number of hydrogen-bond acceptors (Lipinski definition) is 5. The number of rotatable bonds is 8. The third-order valence-electron chi connectivity index (χ3n) is 4.58. The van der Waals surface area contributed by atoms with Gasteiger partial charge in [-0.15, -0.1) is 0 Å². The Hall–Kier alpha value is -1.16. The van der Waals surface area contributed by atoms with E-state index in [1.807, 2.05) is 30.3 Å². The Balaban J connectivity index is 2.04. The fraction of sp³-hybridized carbons (Fsp3) is 0.611. The highest BCUT2D eigenvalue weighted by Crippen LogP contribution is 2.54. The van der Waals surface area contributed by atoms with Crippen LogP contribution >= 0.6 is 7.60 Å². The first kappa shape index (κ1) is 19.2. The lowest BCUT2D eigenvalue weighted by Gasteiger charge is -2.27. The number of carbonyl (C=O) groups excluding carboxylic acids is 1. The van der Waals surface area contributed by atoms with E-state index in [-0.39, 0.29) is 11.9 Å². The predicted molar refractivity (Wildman–Crippen MR) is 92.8 cm³/mol. The molecule has 0 spiro atoms. The fourth-order valence-corrected chi connectivity index (χ4v) is 4.39. The Morgan fingerprint density at radius 3 is 2.33 bits per heavy atom. The second-order valence-electron chi connectivity index (χ2n) is 6.16. The van der Waals surface area contributed by atoms with Crippen molar-refractivity contribution < 1.29 is 23.1 Å². The zero-order valence-electron chi connectivity index (χ0n) is 14.5. The highest BCUT2D eigenvalue weighted by Gasteiger charge is 2.38. The van der Waals surface area contributed by atoms with Crippen LogP contribution in [0.2, 0.25) is 0 Å². The minimum absolute atomic E-state index is 0.0971. The van der Waals surface area contributed by atoms with Crippen molar-refractivity contribution >= 4 is 13.6 Å². The molecule has 1 atom stereocenters. The van der Waals surface area contributed by atoms with Gasteiger partial charge < -0.3 is 13.8 Å². The second-order valence-corrected chi connectivity index (χ2v) is 8.54. The van der Waals surface area contributed by atoms with Crippen LogP contribution in [0.1, 0.15) is 44.1 Å². The van der Waals surface area contributed by atoms with E-state index < -0.39 is 13.4 Å². The maximum absolute atomic E-state index is 12.8. The summed E-state index contributed by atoms with van der Waals surface area (Å²) in [6.45, 7) is 0. The van der Waals surface area contributed by atoms with E-state index in [1.165, 1.54) is 14.2 Å². The first-order valence-corrected chi connectivity index (χ1v) is 10.2. The van der Waals surface area contributed by atoms with Crippen LogP contribution in [-0.4, -0.2) is 26.0 Å². The summed E-state index contributed by atoms with van der Waals surface area (Å²) in [5, 5.41) is 0. The van der Waals surface area contributed by atoms with E-state index in [9.17, 15) is 9.36 Å². The molecule has 1 saturated carbocycles. The van der Waals surface area contributed by atoms with E-state index in [4.69, 9.17) is 13.8 Å². The fourth-order valence-electron chi connectivity index (χ4n) is 3.09. The Labute approximate surface area is 144 Å². The van der Waals surface area contributed by atoms with Crippen molar-refractivity contribution in [1.82, 2.24) is 0 Å². The first-order chi connectivity index (χ1) is 11.6. The van der Waals surface area contributed by atoms with Crippen molar-refractivity contribution in [3.05, 3.63) is 35.9 Å². The van der Waals surface area contributed by atoms with Crippen molar-refractivity contribution in [3.63, 3.8) is 0 Å². The SMILES string of the molecule is COP(=O)(OC)[C@@H](CCc1ccccc1)OC(=O)C1CCCCC1. The Kier molecular flexibility index (Phi) is 7.47. The number of carbonyl (C=O) groups is 1. The lowest BCUT2D eigenvalue weighted by atomic mass is 9.89. The molecule has 0 heterocycles. The molecule has 24 heavy (non-hydrogen) atoms. The molecule has 0 unspecified atom stereocenters. The molecular formula is C18H27O5P. The minimum atomic E-state index is -3.48. The van der Waals surface area contributed by atoms with Gasteiger partial charge >= 0.3 is 13.6 Å². The van der Waals surface area contributed by atoms with E-state index in [1.54, 1.807) is 0 Å². The van der Waals surface area contributed by atoms with E-state index >= 15 is 0 Å². The largest absolute Gasteiger partial charge is 0.449 e. The normalized spacial score (nSPS) is 17.4. The Morgan fingerprint density at radius 2 is 1.75 bits per heavy atom. The zero-order chi connectivity index (χ0) is 17.4. The average Bonchev–Trinajstić information content (AvgIpc) is 2.65. The van der Waals surface area contributed by atoms with Gasteiger partial charge in [-0.3, -0.25) is 9.36 Å². The molecule has 1 aromatic carbocycles. The summed E-state index contributed by atoms with van der Waals surface area (Å²) in [5.74, 6) is -1.25. The first-order valence-electron chi connectivity index (χ1n) is 8.54. The average molecular weight is 354 g/mol. The minimum Gasteiger partial charge on any atom is -0.449 e. The second kappa shape index (κ2) is 9.36. The summed E-state index contributed by atoms with van der Waals surface area (Å²) >= 11 is 0. The third kappa shape index (κ3) is 5.17. The number of aryl methyl sites for hydroxylation is 1. The molecule has 1 aliphatic rings. The van der Waals surface area contributed by atoms with Crippen molar-refractivity contribution in [2.45, 2.75) is 50.8 Å². The Morgan fingerprint density at radius 1 is 1.12 bits per heavy atom. The lowest BCUT2D eigenvalue weighted by Crippen LogP contribution is -2.27. The summed E-state index contributed by atoms with van der Waals surface area (Å²) < 4.78 is 28.5. The van der Waals surface area contributed by atoms with E-state index in [2.05, 4.69) is 0 Å². The van der Waals surface area contributed by atoms with Gasteiger partial charge in [0.15, 0.2) is 0 Å². The molecular weight excluding hydrogens is 327 g/mol. The summed E-state index contributed by atoms with van der Waals surface area (Å²) in [5.41, 5.74) is 1.09. The number of hydrogen-bond donors (Lipinski definition) is 0. The lowest BCUT2D eigenvalue weighted by molar-refractivity contribution is -0.152. The molecule has 0 aliphatic heterocycles. The van der Waals surface area contributed by atoms with Gasteiger partial charge in [0.25, 0.3) is 0 Å².